The van der Waals surface area contributed by atoms with Crippen LogP contribution in [0.5, 0.6) is 0 Å². The number of halogens is 1. The normalized spacial score (nSPS) is 12.1. The predicted octanol–water partition coefficient (Wildman–Crippen LogP) is 3.76. The lowest BCUT2D eigenvalue weighted by molar-refractivity contribution is 0.418. The van der Waals surface area contributed by atoms with E-state index in [9.17, 15) is 0 Å². The van der Waals surface area contributed by atoms with E-state index in [2.05, 4.69) is 34.2 Å². The summed E-state index contributed by atoms with van der Waals surface area (Å²) in [5.41, 5.74) is 1.83. The van der Waals surface area contributed by atoms with Gasteiger partial charge in [-0.3, -0.25) is 0 Å². The zero-order valence-electron chi connectivity index (χ0n) is 9.98. The van der Waals surface area contributed by atoms with Crippen LogP contribution in [0.2, 0.25) is 0 Å². The Morgan fingerprint density at radius 1 is 1.28 bits per heavy atom. The van der Waals surface area contributed by atoms with E-state index in [0.717, 1.165) is 22.5 Å². The number of benzene rings is 1. The third kappa shape index (κ3) is 3.22. The van der Waals surface area contributed by atoms with Crippen LogP contribution in [-0.4, -0.2) is 0 Å². The Labute approximate surface area is 115 Å². The number of nitrogens with one attached hydrogen (secondary N) is 1. The van der Waals surface area contributed by atoms with Gasteiger partial charge in [-0.1, -0.05) is 12.1 Å². The minimum Gasteiger partial charge on any atom is -0.453 e. The Morgan fingerprint density at radius 2 is 2.00 bits per heavy atom. The van der Waals surface area contributed by atoms with Crippen LogP contribution in [0.1, 0.15) is 29.9 Å². The van der Waals surface area contributed by atoms with Gasteiger partial charge in [0.05, 0.1) is 17.7 Å². The van der Waals surface area contributed by atoms with E-state index in [0.29, 0.717) is 5.56 Å². The largest absolute Gasteiger partial charge is 0.453 e. The molecule has 1 heterocycles. The summed E-state index contributed by atoms with van der Waals surface area (Å²) in [4.78, 5) is 0. The Morgan fingerprint density at radius 3 is 2.56 bits per heavy atom. The standard InChI is InChI=1S/C14H13BrN2O/c1-10(13-6-7-14(15)18-13)17-9-12-4-2-11(8-16)3-5-12/h2-7,10,17H,9H2,1H3. The van der Waals surface area contributed by atoms with Crippen molar-refractivity contribution >= 4 is 15.9 Å². The van der Waals surface area contributed by atoms with Gasteiger partial charge in [-0.25, -0.2) is 0 Å². The van der Waals surface area contributed by atoms with Crippen molar-refractivity contribution in [3.8, 4) is 6.07 Å². The summed E-state index contributed by atoms with van der Waals surface area (Å²) in [6, 6.07) is 13.6. The molecular formula is C14H13BrN2O. The molecule has 2 aromatic rings. The summed E-state index contributed by atoms with van der Waals surface area (Å²) in [7, 11) is 0. The molecule has 1 unspecified atom stereocenters. The quantitative estimate of drug-likeness (QED) is 0.935. The van der Waals surface area contributed by atoms with E-state index in [1.54, 1.807) is 0 Å². The summed E-state index contributed by atoms with van der Waals surface area (Å²) >= 11 is 3.29. The van der Waals surface area contributed by atoms with E-state index in [1.807, 2.05) is 36.4 Å². The highest BCUT2D eigenvalue weighted by Gasteiger charge is 2.08. The number of nitrogens with zero attached hydrogens (tertiary/aromatic N) is 1. The predicted molar refractivity (Wildman–Crippen MR) is 72.8 cm³/mol. The molecular weight excluding hydrogens is 292 g/mol. The number of hydrogen-bond donors (Lipinski definition) is 1. The number of nitriles is 1. The van der Waals surface area contributed by atoms with Crippen molar-refractivity contribution < 1.29 is 4.42 Å². The van der Waals surface area contributed by atoms with Gasteiger partial charge >= 0.3 is 0 Å². The average molecular weight is 305 g/mol. The first-order valence-electron chi connectivity index (χ1n) is 5.66. The monoisotopic (exact) mass is 304 g/mol. The molecule has 18 heavy (non-hydrogen) atoms. The van der Waals surface area contributed by atoms with Gasteiger partial charge in [0, 0.05) is 6.54 Å². The summed E-state index contributed by atoms with van der Waals surface area (Å²) < 4.78 is 6.22. The van der Waals surface area contributed by atoms with Gasteiger partial charge in [-0.05, 0) is 52.7 Å². The lowest BCUT2D eigenvalue weighted by atomic mass is 10.1. The molecule has 2 rings (SSSR count). The van der Waals surface area contributed by atoms with Gasteiger partial charge < -0.3 is 9.73 Å². The van der Waals surface area contributed by atoms with Crippen LogP contribution >= 0.6 is 15.9 Å². The van der Waals surface area contributed by atoms with Crippen molar-refractivity contribution in [2.75, 3.05) is 0 Å². The van der Waals surface area contributed by atoms with Crippen LogP contribution in [0.4, 0.5) is 0 Å². The fourth-order valence-corrected chi connectivity index (χ4v) is 1.95. The van der Waals surface area contributed by atoms with Gasteiger partial charge in [0.1, 0.15) is 5.76 Å². The molecule has 1 atom stereocenters. The van der Waals surface area contributed by atoms with Crippen molar-refractivity contribution in [3.63, 3.8) is 0 Å². The highest BCUT2D eigenvalue weighted by molar-refractivity contribution is 9.10. The minimum atomic E-state index is 0.145. The van der Waals surface area contributed by atoms with E-state index < -0.39 is 0 Å². The zero-order valence-corrected chi connectivity index (χ0v) is 11.6. The van der Waals surface area contributed by atoms with Crippen molar-refractivity contribution in [3.05, 3.63) is 58.0 Å². The van der Waals surface area contributed by atoms with Crippen LogP contribution in [-0.2, 0) is 6.54 Å². The maximum absolute atomic E-state index is 8.72. The topological polar surface area (TPSA) is 49.0 Å². The molecule has 1 N–H and O–H groups in total. The van der Waals surface area contributed by atoms with Crippen LogP contribution in [0.25, 0.3) is 0 Å². The first-order chi connectivity index (χ1) is 8.69. The van der Waals surface area contributed by atoms with E-state index in [4.69, 9.17) is 9.68 Å². The number of furan rings is 1. The highest BCUT2D eigenvalue weighted by Crippen LogP contribution is 2.20. The first kappa shape index (κ1) is 12.9. The van der Waals surface area contributed by atoms with Gasteiger partial charge in [0.15, 0.2) is 4.67 Å². The SMILES string of the molecule is CC(NCc1ccc(C#N)cc1)c1ccc(Br)o1. The molecule has 0 saturated heterocycles. The van der Waals surface area contributed by atoms with Crippen molar-refractivity contribution in [1.29, 1.82) is 5.26 Å². The Kier molecular flexibility index (Phi) is 4.19. The third-order valence-electron chi connectivity index (χ3n) is 2.72. The average Bonchev–Trinajstić information content (AvgIpc) is 2.83. The maximum atomic E-state index is 8.72. The molecule has 0 spiro atoms. The van der Waals surface area contributed by atoms with E-state index in [1.165, 1.54) is 0 Å². The van der Waals surface area contributed by atoms with Crippen LogP contribution in [0.3, 0.4) is 0 Å². The smallest absolute Gasteiger partial charge is 0.169 e. The third-order valence-corrected chi connectivity index (χ3v) is 3.14. The molecule has 1 aromatic carbocycles. The molecule has 0 aliphatic heterocycles. The Hall–Kier alpha value is -1.57. The second kappa shape index (κ2) is 5.85. The van der Waals surface area contributed by atoms with Crippen molar-refractivity contribution in [2.24, 2.45) is 0 Å². The molecule has 0 saturated carbocycles. The van der Waals surface area contributed by atoms with Gasteiger partial charge in [-0.15, -0.1) is 0 Å². The van der Waals surface area contributed by atoms with Gasteiger partial charge in [0.25, 0.3) is 0 Å². The Balaban J connectivity index is 1.93. The van der Waals surface area contributed by atoms with Crippen molar-refractivity contribution in [1.82, 2.24) is 5.32 Å². The van der Waals surface area contributed by atoms with Gasteiger partial charge in [0.2, 0.25) is 0 Å². The number of rotatable bonds is 4. The van der Waals surface area contributed by atoms with Gasteiger partial charge in [-0.2, -0.15) is 5.26 Å². The molecule has 0 radical (unpaired) electrons. The molecule has 1 aromatic heterocycles. The molecule has 92 valence electrons. The number of hydrogen-bond acceptors (Lipinski definition) is 3. The van der Waals surface area contributed by atoms with Crippen LogP contribution in [0.15, 0.2) is 45.5 Å². The first-order valence-corrected chi connectivity index (χ1v) is 6.46. The fourth-order valence-electron chi connectivity index (χ4n) is 1.63. The summed E-state index contributed by atoms with van der Waals surface area (Å²) in [5.74, 6) is 0.899. The summed E-state index contributed by atoms with van der Waals surface area (Å²) in [6.07, 6.45) is 0. The van der Waals surface area contributed by atoms with Crippen LogP contribution in [0, 0.1) is 11.3 Å². The lowest BCUT2D eigenvalue weighted by Crippen LogP contribution is -2.17. The van der Waals surface area contributed by atoms with Crippen LogP contribution < -0.4 is 5.32 Å². The second-order valence-electron chi connectivity index (χ2n) is 4.05. The molecule has 0 fully saturated rings. The van der Waals surface area contributed by atoms with Crippen molar-refractivity contribution in [2.45, 2.75) is 19.5 Å². The highest BCUT2D eigenvalue weighted by atomic mass is 79.9. The molecule has 4 heteroatoms. The second-order valence-corrected chi connectivity index (χ2v) is 4.83. The molecule has 0 bridgehead atoms. The fraction of sp³-hybridized carbons (Fsp3) is 0.214. The molecule has 0 aliphatic rings. The zero-order chi connectivity index (χ0) is 13.0. The molecule has 0 aliphatic carbocycles. The summed E-state index contributed by atoms with van der Waals surface area (Å²) in [6.45, 7) is 2.79. The Bertz CT molecular complexity index is 554. The van der Waals surface area contributed by atoms with E-state index in [-0.39, 0.29) is 6.04 Å². The molecule has 0 amide bonds. The maximum Gasteiger partial charge on any atom is 0.169 e. The minimum absolute atomic E-state index is 0.145. The summed E-state index contributed by atoms with van der Waals surface area (Å²) in [5, 5.41) is 12.1. The van der Waals surface area contributed by atoms with E-state index >= 15 is 0 Å². The lowest BCUT2D eigenvalue weighted by Gasteiger charge is -2.11. The molecule has 3 nitrogen and oxygen atoms in total.